The highest BCUT2D eigenvalue weighted by Crippen LogP contribution is 2.17. The number of nitrogens with zero attached hydrogens (tertiary/aromatic N) is 2. The highest BCUT2D eigenvalue weighted by Gasteiger charge is 2.13. The number of amides is 1. The SMILES string of the molecule is Cc1cccc(C(=O)N(C)c2ccc(C(N)=NO)cc2)c1. The quantitative estimate of drug-likeness (QED) is 0.393. The van der Waals surface area contributed by atoms with Gasteiger partial charge in [-0.3, -0.25) is 4.79 Å². The van der Waals surface area contributed by atoms with E-state index >= 15 is 0 Å². The van der Waals surface area contributed by atoms with E-state index in [4.69, 9.17) is 10.9 Å². The van der Waals surface area contributed by atoms with Gasteiger partial charge in [0.25, 0.3) is 5.91 Å². The Morgan fingerprint density at radius 1 is 1.14 bits per heavy atom. The second-order valence-electron chi connectivity index (χ2n) is 4.77. The molecule has 0 saturated carbocycles. The van der Waals surface area contributed by atoms with Gasteiger partial charge in [0, 0.05) is 23.9 Å². The first-order valence-electron chi connectivity index (χ1n) is 6.45. The zero-order valence-corrected chi connectivity index (χ0v) is 11.9. The summed E-state index contributed by atoms with van der Waals surface area (Å²) in [5, 5.41) is 11.6. The Morgan fingerprint density at radius 2 is 1.81 bits per heavy atom. The molecule has 0 aromatic heterocycles. The first-order valence-corrected chi connectivity index (χ1v) is 6.45. The molecule has 108 valence electrons. The lowest BCUT2D eigenvalue weighted by Gasteiger charge is -2.18. The summed E-state index contributed by atoms with van der Waals surface area (Å²) < 4.78 is 0. The number of carbonyl (C=O) groups excluding carboxylic acids is 1. The van der Waals surface area contributed by atoms with Gasteiger partial charge in [-0.25, -0.2) is 0 Å². The van der Waals surface area contributed by atoms with Crippen LogP contribution in [0.1, 0.15) is 21.5 Å². The van der Waals surface area contributed by atoms with E-state index in [-0.39, 0.29) is 11.7 Å². The van der Waals surface area contributed by atoms with Crippen molar-refractivity contribution in [1.29, 1.82) is 0 Å². The number of rotatable bonds is 3. The van der Waals surface area contributed by atoms with Crippen molar-refractivity contribution in [2.75, 3.05) is 11.9 Å². The van der Waals surface area contributed by atoms with Crippen LogP contribution in [0.15, 0.2) is 53.7 Å². The van der Waals surface area contributed by atoms with E-state index in [2.05, 4.69) is 5.16 Å². The van der Waals surface area contributed by atoms with Crippen molar-refractivity contribution in [1.82, 2.24) is 0 Å². The van der Waals surface area contributed by atoms with E-state index in [9.17, 15) is 4.79 Å². The van der Waals surface area contributed by atoms with Crippen LogP contribution in [-0.2, 0) is 0 Å². The topological polar surface area (TPSA) is 78.9 Å². The van der Waals surface area contributed by atoms with Crippen LogP contribution >= 0.6 is 0 Å². The number of oxime groups is 1. The third-order valence-electron chi connectivity index (χ3n) is 3.23. The lowest BCUT2D eigenvalue weighted by atomic mass is 10.1. The Kier molecular flexibility index (Phi) is 4.23. The third-order valence-corrected chi connectivity index (χ3v) is 3.23. The maximum absolute atomic E-state index is 12.4. The summed E-state index contributed by atoms with van der Waals surface area (Å²) >= 11 is 0. The molecule has 2 rings (SSSR count). The van der Waals surface area contributed by atoms with Crippen LogP contribution in [-0.4, -0.2) is 24.0 Å². The van der Waals surface area contributed by atoms with Crippen LogP contribution in [0.3, 0.4) is 0 Å². The summed E-state index contributed by atoms with van der Waals surface area (Å²) in [4.78, 5) is 14.0. The molecule has 1 amide bonds. The molecule has 21 heavy (non-hydrogen) atoms. The van der Waals surface area contributed by atoms with Gasteiger partial charge in [0.2, 0.25) is 0 Å². The molecule has 0 fully saturated rings. The van der Waals surface area contributed by atoms with Crippen molar-refractivity contribution in [2.24, 2.45) is 10.9 Å². The van der Waals surface area contributed by atoms with Crippen molar-refractivity contribution in [3.8, 4) is 0 Å². The number of hydrogen-bond acceptors (Lipinski definition) is 3. The predicted octanol–water partition coefficient (Wildman–Crippen LogP) is 2.37. The lowest BCUT2D eigenvalue weighted by molar-refractivity contribution is 0.0993. The molecular weight excluding hydrogens is 266 g/mol. The highest BCUT2D eigenvalue weighted by molar-refractivity contribution is 6.06. The van der Waals surface area contributed by atoms with Crippen molar-refractivity contribution < 1.29 is 10.0 Å². The van der Waals surface area contributed by atoms with Gasteiger partial charge >= 0.3 is 0 Å². The van der Waals surface area contributed by atoms with Gasteiger partial charge in [-0.15, -0.1) is 0 Å². The fraction of sp³-hybridized carbons (Fsp3) is 0.125. The first kappa shape index (κ1) is 14.6. The van der Waals surface area contributed by atoms with Crippen LogP contribution in [0.5, 0.6) is 0 Å². The van der Waals surface area contributed by atoms with E-state index in [1.807, 2.05) is 25.1 Å². The van der Waals surface area contributed by atoms with Gasteiger partial charge in [-0.05, 0) is 43.3 Å². The zero-order chi connectivity index (χ0) is 15.4. The summed E-state index contributed by atoms with van der Waals surface area (Å²) in [5.41, 5.74) is 8.51. The summed E-state index contributed by atoms with van der Waals surface area (Å²) in [6.07, 6.45) is 0. The molecule has 0 spiro atoms. The normalized spacial score (nSPS) is 11.2. The van der Waals surface area contributed by atoms with E-state index in [1.165, 1.54) is 0 Å². The summed E-state index contributed by atoms with van der Waals surface area (Å²) in [6.45, 7) is 1.95. The molecule has 0 aliphatic carbocycles. The second kappa shape index (κ2) is 6.09. The van der Waals surface area contributed by atoms with Gasteiger partial charge in [0.1, 0.15) is 0 Å². The smallest absolute Gasteiger partial charge is 0.258 e. The van der Waals surface area contributed by atoms with E-state index in [0.29, 0.717) is 11.1 Å². The summed E-state index contributed by atoms with van der Waals surface area (Å²) in [5.74, 6) is -0.0514. The Balaban J connectivity index is 2.23. The number of anilines is 1. The maximum atomic E-state index is 12.4. The molecule has 3 N–H and O–H groups in total. The van der Waals surface area contributed by atoms with Gasteiger partial charge < -0.3 is 15.8 Å². The molecule has 0 saturated heterocycles. The van der Waals surface area contributed by atoms with Crippen LogP contribution in [0.4, 0.5) is 5.69 Å². The molecule has 0 bridgehead atoms. The van der Waals surface area contributed by atoms with E-state index in [1.54, 1.807) is 42.3 Å². The molecule has 0 aliphatic heterocycles. The molecule has 0 heterocycles. The van der Waals surface area contributed by atoms with Crippen molar-refractivity contribution in [3.63, 3.8) is 0 Å². The van der Waals surface area contributed by atoms with Crippen LogP contribution < -0.4 is 10.6 Å². The fourth-order valence-electron chi connectivity index (χ4n) is 2.00. The molecular formula is C16H17N3O2. The molecule has 0 atom stereocenters. The number of hydrogen-bond donors (Lipinski definition) is 2. The second-order valence-corrected chi connectivity index (χ2v) is 4.77. The van der Waals surface area contributed by atoms with Gasteiger partial charge in [0.15, 0.2) is 5.84 Å². The molecule has 0 radical (unpaired) electrons. The van der Waals surface area contributed by atoms with Crippen molar-refractivity contribution in [2.45, 2.75) is 6.92 Å². The van der Waals surface area contributed by atoms with Crippen LogP contribution in [0.25, 0.3) is 0 Å². The summed E-state index contributed by atoms with van der Waals surface area (Å²) in [6, 6.07) is 14.3. The molecule has 5 heteroatoms. The predicted molar refractivity (Wildman–Crippen MR) is 82.9 cm³/mol. The minimum absolute atomic E-state index is 0.0363. The zero-order valence-electron chi connectivity index (χ0n) is 11.9. The van der Waals surface area contributed by atoms with Crippen molar-refractivity contribution in [3.05, 3.63) is 65.2 Å². The number of carbonyl (C=O) groups is 1. The third kappa shape index (κ3) is 3.20. The maximum Gasteiger partial charge on any atom is 0.258 e. The number of aryl methyl sites for hydroxylation is 1. The molecule has 5 nitrogen and oxygen atoms in total. The lowest BCUT2D eigenvalue weighted by Crippen LogP contribution is -2.26. The van der Waals surface area contributed by atoms with E-state index < -0.39 is 0 Å². The Labute approximate surface area is 123 Å². The standard InChI is InChI=1S/C16H17N3O2/c1-11-4-3-5-13(10-11)16(20)19(2)14-8-6-12(7-9-14)15(17)18-21/h3-10,21H,1-2H3,(H2,17,18). The number of amidine groups is 1. The largest absolute Gasteiger partial charge is 0.409 e. The van der Waals surface area contributed by atoms with Crippen molar-refractivity contribution >= 4 is 17.4 Å². The molecule has 2 aromatic rings. The molecule has 0 aliphatic rings. The Hall–Kier alpha value is -2.82. The average Bonchev–Trinajstić information content (AvgIpc) is 2.53. The highest BCUT2D eigenvalue weighted by atomic mass is 16.4. The fourth-order valence-corrected chi connectivity index (χ4v) is 2.00. The van der Waals surface area contributed by atoms with E-state index in [0.717, 1.165) is 11.3 Å². The Bertz CT molecular complexity index is 678. The van der Waals surface area contributed by atoms with Gasteiger partial charge in [-0.2, -0.15) is 0 Å². The average molecular weight is 283 g/mol. The van der Waals surface area contributed by atoms with Gasteiger partial charge in [0.05, 0.1) is 0 Å². The van der Waals surface area contributed by atoms with Gasteiger partial charge in [-0.1, -0.05) is 22.9 Å². The Morgan fingerprint density at radius 3 is 2.38 bits per heavy atom. The molecule has 0 unspecified atom stereocenters. The monoisotopic (exact) mass is 283 g/mol. The number of nitrogens with two attached hydrogens (primary N) is 1. The van der Waals surface area contributed by atoms with Crippen LogP contribution in [0, 0.1) is 6.92 Å². The minimum atomic E-state index is -0.0877. The first-order chi connectivity index (χ1) is 10.0. The summed E-state index contributed by atoms with van der Waals surface area (Å²) in [7, 11) is 1.71. The number of benzene rings is 2. The van der Waals surface area contributed by atoms with Crippen LogP contribution in [0.2, 0.25) is 0 Å². The molecule has 2 aromatic carbocycles. The minimum Gasteiger partial charge on any atom is -0.409 e.